The van der Waals surface area contributed by atoms with Gasteiger partial charge < -0.3 is 15.2 Å². The Labute approximate surface area is 123 Å². The Morgan fingerprint density at radius 2 is 1.95 bits per heavy atom. The standard InChI is InChI=1S/C13H13ClF3NO3/c14-9-7-8(3-4-10(9)21-13(15,16)17)18-12(11(19)20)5-1-2-6-12/h3-4,7,18H,1-2,5-6H2,(H,19,20). The summed E-state index contributed by atoms with van der Waals surface area (Å²) < 4.78 is 40.2. The summed E-state index contributed by atoms with van der Waals surface area (Å²) in [6.45, 7) is 0. The Bertz CT molecular complexity index is 542. The van der Waals surface area contributed by atoms with E-state index < -0.39 is 23.6 Å². The van der Waals surface area contributed by atoms with Crippen LogP contribution < -0.4 is 10.1 Å². The van der Waals surface area contributed by atoms with Crippen molar-refractivity contribution in [2.24, 2.45) is 0 Å². The van der Waals surface area contributed by atoms with Crippen LogP contribution in [0.15, 0.2) is 18.2 Å². The normalized spacial score (nSPS) is 17.5. The van der Waals surface area contributed by atoms with Crippen molar-refractivity contribution in [3.63, 3.8) is 0 Å². The van der Waals surface area contributed by atoms with E-state index >= 15 is 0 Å². The number of carboxylic acid groups (broad SMARTS) is 1. The minimum atomic E-state index is -4.83. The largest absolute Gasteiger partial charge is 0.573 e. The van der Waals surface area contributed by atoms with Crippen LogP contribution in [-0.2, 0) is 4.79 Å². The molecule has 1 fully saturated rings. The van der Waals surface area contributed by atoms with Crippen LogP contribution in [0, 0.1) is 0 Å². The monoisotopic (exact) mass is 323 g/mol. The molecule has 8 heteroatoms. The van der Waals surface area contributed by atoms with Crippen LogP contribution in [0.2, 0.25) is 5.02 Å². The molecule has 0 aromatic heterocycles. The lowest BCUT2D eigenvalue weighted by atomic mass is 9.97. The maximum Gasteiger partial charge on any atom is 0.573 e. The molecule has 4 nitrogen and oxygen atoms in total. The van der Waals surface area contributed by atoms with Crippen molar-refractivity contribution in [3.8, 4) is 5.75 Å². The summed E-state index contributed by atoms with van der Waals surface area (Å²) in [5.74, 6) is -1.50. The molecule has 0 spiro atoms. The van der Waals surface area contributed by atoms with Gasteiger partial charge in [0.05, 0.1) is 5.02 Å². The fraction of sp³-hybridized carbons (Fsp3) is 0.462. The number of carboxylic acids is 1. The van der Waals surface area contributed by atoms with E-state index in [1.54, 1.807) is 0 Å². The first-order valence-electron chi connectivity index (χ1n) is 6.29. The third-order valence-corrected chi connectivity index (χ3v) is 3.70. The summed E-state index contributed by atoms with van der Waals surface area (Å²) in [7, 11) is 0. The highest BCUT2D eigenvalue weighted by atomic mass is 35.5. The third kappa shape index (κ3) is 3.72. The van der Waals surface area contributed by atoms with E-state index in [2.05, 4.69) is 10.1 Å². The van der Waals surface area contributed by atoms with Crippen molar-refractivity contribution in [1.29, 1.82) is 0 Å². The quantitative estimate of drug-likeness (QED) is 0.877. The molecule has 0 radical (unpaired) electrons. The minimum absolute atomic E-state index is 0.240. The first kappa shape index (κ1) is 15.8. The number of nitrogens with one attached hydrogen (secondary N) is 1. The van der Waals surface area contributed by atoms with Gasteiger partial charge in [-0.15, -0.1) is 13.2 Å². The maximum atomic E-state index is 12.1. The molecule has 1 aliphatic carbocycles. The van der Waals surface area contributed by atoms with Crippen LogP contribution >= 0.6 is 11.6 Å². The van der Waals surface area contributed by atoms with Crippen molar-refractivity contribution in [2.45, 2.75) is 37.6 Å². The first-order valence-corrected chi connectivity index (χ1v) is 6.67. The number of halogens is 4. The van der Waals surface area contributed by atoms with Crippen molar-refractivity contribution < 1.29 is 27.8 Å². The second-order valence-electron chi connectivity index (χ2n) is 4.91. The van der Waals surface area contributed by atoms with Crippen molar-refractivity contribution in [1.82, 2.24) is 0 Å². The van der Waals surface area contributed by atoms with Gasteiger partial charge in [-0.1, -0.05) is 24.4 Å². The second-order valence-corrected chi connectivity index (χ2v) is 5.32. The fourth-order valence-electron chi connectivity index (χ4n) is 2.43. The Kier molecular flexibility index (Phi) is 4.22. The molecule has 0 unspecified atom stereocenters. The van der Waals surface area contributed by atoms with Gasteiger partial charge in [-0.2, -0.15) is 0 Å². The van der Waals surface area contributed by atoms with Crippen LogP contribution in [0.1, 0.15) is 25.7 Å². The highest BCUT2D eigenvalue weighted by Gasteiger charge is 2.41. The van der Waals surface area contributed by atoms with Crippen LogP contribution in [0.5, 0.6) is 5.75 Å². The van der Waals surface area contributed by atoms with E-state index in [0.717, 1.165) is 18.9 Å². The molecule has 116 valence electrons. The van der Waals surface area contributed by atoms with Crippen LogP contribution in [0.3, 0.4) is 0 Å². The van der Waals surface area contributed by atoms with E-state index in [4.69, 9.17) is 11.6 Å². The molecule has 21 heavy (non-hydrogen) atoms. The zero-order valence-corrected chi connectivity index (χ0v) is 11.6. The summed E-state index contributed by atoms with van der Waals surface area (Å²) in [5, 5.41) is 12.0. The number of benzene rings is 1. The lowest BCUT2D eigenvalue weighted by Crippen LogP contribution is -2.43. The molecule has 0 heterocycles. The van der Waals surface area contributed by atoms with E-state index in [9.17, 15) is 23.1 Å². The van der Waals surface area contributed by atoms with Crippen LogP contribution in [0.25, 0.3) is 0 Å². The van der Waals surface area contributed by atoms with Gasteiger partial charge in [-0.05, 0) is 31.0 Å². The maximum absolute atomic E-state index is 12.1. The van der Waals surface area contributed by atoms with E-state index in [1.165, 1.54) is 12.1 Å². The summed E-state index contributed by atoms with van der Waals surface area (Å²) in [4.78, 5) is 11.4. The number of hydrogen-bond acceptors (Lipinski definition) is 3. The Morgan fingerprint density at radius 1 is 1.33 bits per heavy atom. The lowest BCUT2D eigenvalue weighted by molar-refractivity contribution is -0.274. The van der Waals surface area contributed by atoms with E-state index in [0.29, 0.717) is 18.5 Å². The van der Waals surface area contributed by atoms with Gasteiger partial charge in [-0.25, -0.2) is 4.79 Å². The van der Waals surface area contributed by atoms with Crippen molar-refractivity contribution >= 4 is 23.3 Å². The van der Waals surface area contributed by atoms with E-state index in [1.807, 2.05) is 0 Å². The summed E-state index contributed by atoms with van der Waals surface area (Å²) in [5.41, 5.74) is -0.741. The van der Waals surface area contributed by atoms with Crippen molar-refractivity contribution in [2.75, 3.05) is 5.32 Å². The fourth-order valence-corrected chi connectivity index (χ4v) is 2.65. The molecular formula is C13H13ClF3NO3. The van der Waals surface area contributed by atoms with Crippen LogP contribution in [0.4, 0.5) is 18.9 Å². The Hall–Kier alpha value is -1.63. The first-order chi connectivity index (χ1) is 9.72. The molecule has 0 aliphatic heterocycles. The molecule has 1 aromatic carbocycles. The average molecular weight is 324 g/mol. The van der Waals surface area contributed by atoms with Gasteiger partial charge in [0.1, 0.15) is 11.3 Å². The molecule has 0 saturated heterocycles. The molecular weight excluding hydrogens is 311 g/mol. The number of hydrogen-bond donors (Lipinski definition) is 2. The topological polar surface area (TPSA) is 58.6 Å². The molecule has 1 aromatic rings. The third-order valence-electron chi connectivity index (χ3n) is 3.41. The summed E-state index contributed by atoms with van der Waals surface area (Å²) >= 11 is 5.73. The summed E-state index contributed by atoms with van der Waals surface area (Å²) in [6.07, 6.45) is -2.35. The van der Waals surface area contributed by atoms with Crippen molar-refractivity contribution in [3.05, 3.63) is 23.2 Å². The highest BCUT2D eigenvalue weighted by Crippen LogP contribution is 2.36. The molecule has 2 N–H and O–H groups in total. The summed E-state index contributed by atoms with van der Waals surface area (Å²) in [6, 6.07) is 3.60. The zero-order chi connectivity index (χ0) is 15.7. The number of carbonyl (C=O) groups is 1. The number of alkyl halides is 3. The number of anilines is 1. The minimum Gasteiger partial charge on any atom is -0.480 e. The predicted octanol–water partition coefficient (Wildman–Crippen LogP) is 4.05. The van der Waals surface area contributed by atoms with Gasteiger partial charge in [0.15, 0.2) is 0 Å². The lowest BCUT2D eigenvalue weighted by Gasteiger charge is -2.27. The number of rotatable bonds is 4. The molecule has 0 atom stereocenters. The highest BCUT2D eigenvalue weighted by molar-refractivity contribution is 6.32. The van der Waals surface area contributed by atoms with Gasteiger partial charge in [-0.3, -0.25) is 0 Å². The smallest absolute Gasteiger partial charge is 0.480 e. The molecule has 2 rings (SSSR count). The number of ether oxygens (including phenoxy) is 1. The van der Waals surface area contributed by atoms with Gasteiger partial charge in [0.2, 0.25) is 0 Å². The van der Waals surface area contributed by atoms with Crippen LogP contribution in [-0.4, -0.2) is 23.0 Å². The number of aliphatic carboxylic acids is 1. The van der Waals surface area contributed by atoms with Gasteiger partial charge >= 0.3 is 12.3 Å². The molecule has 1 saturated carbocycles. The Morgan fingerprint density at radius 3 is 2.43 bits per heavy atom. The average Bonchev–Trinajstić information content (AvgIpc) is 2.81. The predicted molar refractivity (Wildman–Crippen MR) is 70.6 cm³/mol. The van der Waals surface area contributed by atoms with Gasteiger partial charge in [0.25, 0.3) is 0 Å². The molecule has 0 bridgehead atoms. The van der Waals surface area contributed by atoms with E-state index in [-0.39, 0.29) is 5.02 Å². The van der Waals surface area contributed by atoms with Gasteiger partial charge in [0, 0.05) is 5.69 Å². The molecule has 0 amide bonds. The zero-order valence-electron chi connectivity index (χ0n) is 10.8. The molecule has 1 aliphatic rings. The second kappa shape index (κ2) is 5.63. The SMILES string of the molecule is O=C(O)C1(Nc2ccc(OC(F)(F)F)c(Cl)c2)CCCC1. The Balaban J connectivity index is 2.18.